The van der Waals surface area contributed by atoms with E-state index in [1.807, 2.05) is 54.6 Å². The molecule has 1 radical (unpaired) electrons. The van der Waals surface area contributed by atoms with E-state index in [9.17, 15) is 0 Å². The summed E-state index contributed by atoms with van der Waals surface area (Å²) in [5.74, 6) is 0. The number of rotatable bonds is 2. The Bertz CT molecular complexity index is 1940. The Balaban J connectivity index is 0.000000209. The number of benzene rings is 3. The van der Waals surface area contributed by atoms with Crippen molar-refractivity contribution in [1.29, 1.82) is 0 Å². The summed E-state index contributed by atoms with van der Waals surface area (Å²) in [7, 11) is 0. The molecule has 0 amide bonds. The largest absolute Gasteiger partial charge is 0.500 e. The van der Waals surface area contributed by atoms with Gasteiger partial charge in [-0.15, -0.1) is 65.4 Å². The SMILES string of the molecule is [2H]c1nc(-c2[c-]ccc3c2oc2c4cc(C)sc4ccc32)c([2H])c([2H])c1[2H].[Ir].[c-]1ccccc1-c1ccccn1. The smallest absolute Gasteiger partial charge is 0.129 e. The van der Waals surface area contributed by atoms with Gasteiger partial charge in [0.05, 0.1) is 11.1 Å². The van der Waals surface area contributed by atoms with Crippen LogP contribution in [-0.2, 0) is 20.1 Å². The van der Waals surface area contributed by atoms with Gasteiger partial charge in [-0.25, -0.2) is 0 Å². The molecular formula is C31H20IrN2OS-2. The zero-order valence-electron chi connectivity index (χ0n) is 23.0. The van der Waals surface area contributed by atoms with Gasteiger partial charge in [0.15, 0.2) is 0 Å². The number of furan rings is 1. The van der Waals surface area contributed by atoms with E-state index in [1.54, 1.807) is 23.6 Å². The first-order chi connectivity index (χ1) is 18.9. The third-order valence-corrected chi connectivity index (χ3v) is 6.59. The first-order valence-corrected chi connectivity index (χ1v) is 11.8. The molecular weight excluding hydrogens is 641 g/mol. The predicted octanol–water partition coefficient (Wildman–Crippen LogP) is 8.52. The molecule has 0 aliphatic rings. The van der Waals surface area contributed by atoms with Gasteiger partial charge >= 0.3 is 0 Å². The molecule has 0 spiro atoms. The van der Waals surface area contributed by atoms with Crippen LogP contribution in [0.5, 0.6) is 0 Å². The molecule has 0 saturated heterocycles. The van der Waals surface area contributed by atoms with Crippen LogP contribution in [-0.4, -0.2) is 9.97 Å². The number of aromatic nitrogens is 2. The predicted molar refractivity (Wildman–Crippen MR) is 144 cm³/mol. The van der Waals surface area contributed by atoms with E-state index in [4.69, 9.17) is 9.90 Å². The van der Waals surface area contributed by atoms with Crippen molar-refractivity contribution in [3.05, 3.63) is 120 Å². The quantitative estimate of drug-likeness (QED) is 0.174. The zero-order valence-corrected chi connectivity index (χ0v) is 22.3. The number of hydrogen-bond acceptors (Lipinski definition) is 4. The van der Waals surface area contributed by atoms with E-state index in [0.29, 0.717) is 11.1 Å². The Morgan fingerprint density at radius 2 is 1.72 bits per heavy atom. The van der Waals surface area contributed by atoms with Gasteiger partial charge in [-0.05, 0) is 42.6 Å². The average Bonchev–Trinajstić information content (AvgIpc) is 3.55. The second-order valence-corrected chi connectivity index (χ2v) is 9.13. The van der Waals surface area contributed by atoms with E-state index < -0.39 is 0 Å². The van der Waals surface area contributed by atoms with Gasteiger partial charge < -0.3 is 14.4 Å². The van der Waals surface area contributed by atoms with Gasteiger partial charge in [0.2, 0.25) is 0 Å². The molecule has 36 heavy (non-hydrogen) atoms. The van der Waals surface area contributed by atoms with Gasteiger partial charge in [0.1, 0.15) is 5.58 Å². The van der Waals surface area contributed by atoms with E-state index >= 15 is 0 Å². The van der Waals surface area contributed by atoms with Crippen LogP contribution in [0.4, 0.5) is 0 Å². The summed E-state index contributed by atoms with van der Waals surface area (Å²) >= 11 is 1.70. The molecule has 4 aromatic heterocycles. The Hall–Kier alpha value is -3.63. The van der Waals surface area contributed by atoms with E-state index in [1.165, 1.54) is 4.88 Å². The van der Waals surface area contributed by atoms with Crippen LogP contribution >= 0.6 is 11.3 Å². The van der Waals surface area contributed by atoms with Crippen molar-refractivity contribution < 1.29 is 30.0 Å². The first-order valence-electron chi connectivity index (χ1n) is 13.0. The van der Waals surface area contributed by atoms with Crippen LogP contribution < -0.4 is 0 Å². The fraction of sp³-hybridized carbons (Fsp3) is 0.0323. The molecule has 0 atom stereocenters. The van der Waals surface area contributed by atoms with Crippen molar-refractivity contribution in [3.63, 3.8) is 0 Å². The van der Waals surface area contributed by atoms with Gasteiger partial charge in [-0.3, -0.25) is 0 Å². The number of fused-ring (bicyclic) bond motifs is 5. The zero-order chi connectivity index (χ0) is 27.1. The monoisotopic (exact) mass is 665 g/mol. The maximum absolute atomic E-state index is 8.20. The maximum Gasteiger partial charge on any atom is 0.129 e. The summed E-state index contributed by atoms with van der Waals surface area (Å²) in [6.45, 7) is 2.06. The number of pyridine rings is 2. The second-order valence-electron chi connectivity index (χ2n) is 7.85. The fourth-order valence-electron chi connectivity index (χ4n) is 4.04. The van der Waals surface area contributed by atoms with Crippen LogP contribution in [0.25, 0.3) is 54.5 Å². The third-order valence-electron chi connectivity index (χ3n) is 5.57. The van der Waals surface area contributed by atoms with E-state index in [0.717, 1.165) is 37.7 Å². The average molecular weight is 665 g/mol. The molecule has 0 aliphatic carbocycles. The van der Waals surface area contributed by atoms with Gasteiger partial charge in [0, 0.05) is 52.8 Å². The number of hydrogen-bond donors (Lipinski definition) is 0. The fourth-order valence-corrected chi connectivity index (χ4v) is 4.96. The minimum atomic E-state index is -0.351. The van der Waals surface area contributed by atoms with E-state index in [2.05, 4.69) is 41.2 Å². The minimum absolute atomic E-state index is 0. The van der Waals surface area contributed by atoms with Crippen molar-refractivity contribution >= 4 is 43.4 Å². The Kier molecular flexibility index (Phi) is 5.73. The summed E-state index contributed by atoms with van der Waals surface area (Å²) in [6.07, 6.45) is 1.46. The maximum atomic E-state index is 8.20. The van der Waals surface area contributed by atoms with Crippen molar-refractivity contribution in [2.24, 2.45) is 0 Å². The molecule has 0 unspecified atom stereocenters. The van der Waals surface area contributed by atoms with E-state index in [-0.39, 0.29) is 50.1 Å². The van der Waals surface area contributed by atoms with Crippen LogP contribution in [0.1, 0.15) is 10.4 Å². The van der Waals surface area contributed by atoms with Crippen molar-refractivity contribution in [2.45, 2.75) is 6.92 Å². The Labute approximate surface area is 232 Å². The van der Waals surface area contributed by atoms with Crippen molar-refractivity contribution in [3.8, 4) is 22.5 Å². The molecule has 177 valence electrons. The summed E-state index contributed by atoms with van der Waals surface area (Å²) < 4.78 is 39.0. The first kappa shape index (κ1) is 19.5. The molecule has 7 aromatic rings. The summed E-state index contributed by atoms with van der Waals surface area (Å²) in [4.78, 5) is 9.49. The molecule has 0 saturated carbocycles. The van der Waals surface area contributed by atoms with Crippen LogP contribution in [0.15, 0.2) is 108 Å². The second kappa shape index (κ2) is 10.5. The Morgan fingerprint density at radius 1 is 0.833 bits per heavy atom. The van der Waals surface area contributed by atoms with Crippen LogP contribution in [0, 0.1) is 19.1 Å². The van der Waals surface area contributed by atoms with Crippen LogP contribution in [0.2, 0.25) is 0 Å². The molecule has 0 fully saturated rings. The van der Waals surface area contributed by atoms with Gasteiger partial charge in [-0.1, -0.05) is 41.2 Å². The molecule has 7 rings (SSSR count). The van der Waals surface area contributed by atoms with Gasteiger partial charge in [0.25, 0.3) is 0 Å². The normalized spacial score (nSPS) is 12.2. The summed E-state index contributed by atoms with van der Waals surface area (Å²) in [6, 6.07) is 28.8. The molecule has 0 aliphatic heterocycles. The van der Waals surface area contributed by atoms with Crippen molar-refractivity contribution in [2.75, 3.05) is 0 Å². The number of aryl methyl sites for hydroxylation is 1. The van der Waals surface area contributed by atoms with Gasteiger partial charge in [-0.2, -0.15) is 0 Å². The molecule has 3 nitrogen and oxygen atoms in total. The third kappa shape index (κ3) is 4.61. The summed E-state index contributed by atoms with van der Waals surface area (Å²) in [5, 5.41) is 2.88. The van der Waals surface area contributed by atoms with Crippen LogP contribution in [0.3, 0.4) is 0 Å². The molecule has 4 heterocycles. The standard InChI is InChI=1S/C20H12NOS.C11H8N.Ir/c1-12-11-16-18(23-12)9-8-14-13-5-4-6-15(19(13)22-20(14)16)17-7-2-3-10-21-17;1-2-6-10(7-3-1)11-8-4-5-9-12-11;/h2-5,7-11H,1H3;1-6,8-9H;/q2*-1;/i2D,3D,7D,10D;;. The number of nitrogens with zero attached hydrogens (tertiary/aromatic N) is 2. The topological polar surface area (TPSA) is 38.9 Å². The summed E-state index contributed by atoms with van der Waals surface area (Å²) in [5.41, 5.74) is 3.89. The number of thiophene rings is 1. The van der Waals surface area contributed by atoms with Crippen molar-refractivity contribution in [1.82, 2.24) is 9.97 Å². The Morgan fingerprint density at radius 3 is 2.56 bits per heavy atom. The molecule has 0 N–H and O–H groups in total. The minimum Gasteiger partial charge on any atom is -0.500 e. The molecule has 5 heteroatoms. The molecule has 0 bridgehead atoms. The molecule has 3 aromatic carbocycles.